The first kappa shape index (κ1) is 19.2. The summed E-state index contributed by atoms with van der Waals surface area (Å²) in [6, 6.07) is 4.66. The van der Waals surface area contributed by atoms with Crippen molar-refractivity contribution in [2.75, 3.05) is 6.61 Å². The van der Waals surface area contributed by atoms with E-state index in [2.05, 4.69) is 5.32 Å². The molecular weight excluding hydrogens is 340 g/mol. The summed E-state index contributed by atoms with van der Waals surface area (Å²) in [7, 11) is 0. The number of carbonyl (C=O) groups is 4. The molecule has 0 saturated carbocycles. The van der Waals surface area contributed by atoms with Gasteiger partial charge in [-0.25, -0.2) is 9.59 Å². The highest BCUT2D eigenvalue weighted by Crippen LogP contribution is 2.35. The molecule has 1 aromatic carbocycles. The zero-order valence-electron chi connectivity index (χ0n) is 15.0. The summed E-state index contributed by atoms with van der Waals surface area (Å²) in [6.45, 7) is 5.91. The van der Waals surface area contributed by atoms with Crippen molar-refractivity contribution in [2.24, 2.45) is 0 Å². The van der Waals surface area contributed by atoms with E-state index in [4.69, 9.17) is 9.47 Å². The molecule has 8 nitrogen and oxygen atoms in total. The molecule has 3 amide bonds. The summed E-state index contributed by atoms with van der Waals surface area (Å²) in [4.78, 5) is 48.8. The SMILES string of the molecule is CCOC(=O)C1=C(C)NC(=O)N(C(C)=O)[C@@H]1c1ccc(OC(C)=O)cc1. The molecule has 0 aromatic heterocycles. The molecule has 1 aromatic rings. The minimum Gasteiger partial charge on any atom is -0.463 e. The van der Waals surface area contributed by atoms with E-state index in [1.807, 2.05) is 0 Å². The number of benzene rings is 1. The van der Waals surface area contributed by atoms with Gasteiger partial charge in [0.05, 0.1) is 12.2 Å². The first-order valence-electron chi connectivity index (χ1n) is 8.03. The molecule has 0 unspecified atom stereocenters. The van der Waals surface area contributed by atoms with Crippen LogP contribution in [0.15, 0.2) is 35.5 Å². The van der Waals surface area contributed by atoms with Gasteiger partial charge in [-0.2, -0.15) is 0 Å². The Labute approximate surface area is 150 Å². The molecule has 0 bridgehead atoms. The Morgan fingerprint density at radius 2 is 1.77 bits per heavy atom. The monoisotopic (exact) mass is 360 g/mol. The molecule has 1 aliphatic heterocycles. The quantitative estimate of drug-likeness (QED) is 0.651. The number of rotatable bonds is 4. The van der Waals surface area contributed by atoms with Gasteiger partial charge in [-0.3, -0.25) is 14.5 Å². The minimum atomic E-state index is -0.938. The summed E-state index contributed by atoms with van der Waals surface area (Å²) < 4.78 is 10.1. The Balaban J connectivity index is 2.54. The maximum absolute atomic E-state index is 12.4. The third kappa shape index (κ3) is 3.90. The summed E-state index contributed by atoms with van der Waals surface area (Å²) in [5, 5.41) is 2.51. The molecule has 0 spiro atoms. The lowest BCUT2D eigenvalue weighted by atomic mass is 9.93. The van der Waals surface area contributed by atoms with E-state index in [0.717, 1.165) is 4.90 Å². The Morgan fingerprint density at radius 1 is 1.15 bits per heavy atom. The summed E-state index contributed by atoms with van der Waals surface area (Å²) in [6.07, 6.45) is 0. The van der Waals surface area contributed by atoms with Crippen LogP contribution in [0.2, 0.25) is 0 Å². The highest BCUT2D eigenvalue weighted by molar-refractivity contribution is 6.01. The first-order valence-corrected chi connectivity index (χ1v) is 8.03. The average molecular weight is 360 g/mol. The van der Waals surface area contributed by atoms with E-state index < -0.39 is 29.9 Å². The van der Waals surface area contributed by atoms with Crippen molar-refractivity contribution in [2.45, 2.75) is 33.7 Å². The fourth-order valence-corrected chi connectivity index (χ4v) is 2.74. The van der Waals surface area contributed by atoms with Gasteiger partial charge in [0, 0.05) is 19.5 Å². The third-order valence-corrected chi connectivity index (χ3v) is 3.74. The number of nitrogens with one attached hydrogen (secondary N) is 1. The molecule has 2 rings (SSSR count). The zero-order valence-corrected chi connectivity index (χ0v) is 15.0. The minimum absolute atomic E-state index is 0.155. The van der Waals surface area contributed by atoms with Gasteiger partial charge < -0.3 is 14.8 Å². The molecule has 1 N–H and O–H groups in total. The number of ether oxygens (including phenoxy) is 2. The number of amides is 3. The lowest BCUT2D eigenvalue weighted by Gasteiger charge is -2.35. The lowest BCUT2D eigenvalue weighted by Crippen LogP contribution is -2.50. The van der Waals surface area contributed by atoms with Crippen molar-refractivity contribution in [1.29, 1.82) is 0 Å². The van der Waals surface area contributed by atoms with Crippen LogP contribution < -0.4 is 10.1 Å². The lowest BCUT2D eigenvalue weighted by molar-refractivity contribution is -0.140. The van der Waals surface area contributed by atoms with Crippen molar-refractivity contribution in [1.82, 2.24) is 10.2 Å². The Kier molecular flexibility index (Phi) is 5.76. The number of urea groups is 1. The molecule has 1 heterocycles. The van der Waals surface area contributed by atoms with E-state index in [1.54, 1.807) is 26.0 Å². The molecule has 8 heteroatoms. The smallest absolute Gasteiger partial charge is 0.338 e. The van der Waals surface area contributed by atoms with E-state index in [-0.39, 0.29) is 12.2 Å². The molecule has 1 aliphatic rings. The second-order valence-electron chi connectivity index (χ2n) is 5.64. The molecule has 0 radical (unpaired) electrons. The van der Waals surface area contributed by atoms with Crippen molar-refractivity contribution < 1.29 is 28.7 Å². The molecule has 0 saturated heterocycles. The topological polar surface area (TPSA) is 102 Å². The van der Waals surface area contributed by atoms with E-state index in [9.17, 15) is 19.2 Å². The fourth-order valence-electron chi connectivity index (χ4n) is 2.74. The molecule has 26 heavy (non-hydrogen) atoms. The van der Waals surface area contributed by atoms with E-state index in [0.29, 0.717) is 17.0 Å². The second kappa shape index (κ2) is 7.81. The number of esters is 2. The normalized spacial score (nSPS) is 16.8. The van der Waals surface area contributed by atoms with Gasteiger partial charge in [0.2, 0.25) is 5.91 Å². The van der Waals surface area contributed by atoms with Crippen LogP contribution in [0.5, 0.6) is 5.75 Å². The van der Waals surface area contributed by atoms with Gasteiger partial charge in [0.1, 0.15) is 11.8 Å². The summed E-state index contributed by atoms with van der Waals surface area (Å²) in [5.74, 6) is -1.30. The standard InChI is InChI=1S/C18H20N2O6/c1-5-25-17(23)15-10(2)19-18(24)20(11(3)21)16(15)13-6-8-14(9-7-13)26-12(4)22/h6-9,16H,5H2,1-4H3,(H,19,24)/t16-/m1/s1. The largest absolute Gasteiger partial charge is 0.463 e. The Bertz CT molecular complexity index is 781. The molecule has 138 valence electrons. The van der Waals surface area contributed by atoms with Crippen molar-refractivity contribution in [3.05, 3.63) is 41.1 Å². The zero-order chi connectivity index (χ0) is 19.4. The van der Waals surface area contributed by atoms with Gasteiger partial charge in [0.15, 0.2) is 0 Å². The van der Waals surface area contributed by atoms with Crippen LogP contribution in [0, 0.1) is 0 Å². The van der Waals surface area contributed by atoms with Crippen LogP contribution in [0.1, 0.15) is 39.3 Å². The van der Waals surface area contributed by atoms with Gasteiger partial charge in [0.25, 0.3) is 0 Å². The van der Waals surface area contributed by atoms with Crippen LogP contribution in [0.4, 0.5) is 4.79 Å². The van der Waals surface area contributed by atoms with Crippen LogP contribution >= 0.6 is 0 Å². The number of nitrogens with zero attached hydrogens (tertiary/aromatic N) is 1. The highest BCUT2D eigenvalue weighted by atomic mass is 16.5. The van der Waals surface area contributed by atoms with Gasteiger partial charge in [-0.05, 0) is 31.5 Å². The number of carbonyl (C=O) groups excluding carboxylic acids is 4. The van der Waals surface area contributed by atoms with Crippen LogP contribution in [-0.4, -0.2) is 35.4 Å². The second-order valence-corrected chi connectivity index (χ2v) is 5.64. The predicted octanol–water partition coefficient (Wildman–Crippen LogP) is 2.06. The summed E-state index contributed by atoms with van der Waals surface area (Å²) in [5.41, 5.74) is 0.996. The molecule has 0 aliphatic carbocycles. The van der Waals surface area contributed by atoms with Gasteiger partial charge >= 0.3 is 18.0 Å². The van der Waals surface area contributed by atoms with Crippen molar-refractivity contribution in [3.8, 4) is 5.75 Å². The molecule has 0 fully saturated rings. The first-order chi connectivity index (χ1) is 12.3. The fraction of sp³-hybridized carbons (Fsp3) is 0.333. The number of allylic oxidation sites excluding steroid dienone is 1. The van der Waals surface area contributed by atoms with E-state index in [1.165, 1.54) is 26.0 Å². The van der Waals surface area contributed by atoms with Crippen LogP contribution in [0.3, 0.4) is 0 Å². The number of imide groups is 1. The summed E-state index contributed by atoms with van der Waals surface area (Å²) >= 11 is 0. The highest BCUT2D eigenvalue weighted by Gasteiger charge is 2.40. The maximum atomic E-state index is 12.4. The number of hydrogen-bond donors (Lipinski definition) is 1. The predicted molar refractivity (Wildman–Crippen MR) is 90.9 cm³/mol. The Morgan fingerprint density at radius 3 is 2.27 bits per heavy atom. The van der Waals surface area contributed by atoms with Crippen LogP contribution in [-0.2, 0) is 19.1 Å². The maximum Gasteiger partial charge on any atom is 0.338 e. The molecular formula is C18H20N2O6. The van der Waals surface area contributed by atoms with Crippen molar-refractivity contribution in [3.63, 3.8) is 0 Å². The van der Waals surface area contributed by atoms with Crippen LogP contribution in [0.25, 0.3) is 0 Å². The molecule has 1 atom stereocenters. The third-order valence-electron chi connectivity index (χ3n) is 3.74. The average Bonchev–Trinajstić information content (AvgIpc) is 2.54. The van der Waals surface area contributed by atoms with Crippen molar-refractivity contribution >= 4 is 23.9 Å². The van der Waals surface area contributed by atoms with Gasteiger partial charge in [-0.15, -0.1) is 0 Å². The Hall–Kier alpha value is -3.16. The number of hydrogen-bond acceptors (Lipinski definition) is 6. The van der Waals surface area contributed by atoms with E-state index >= 15 is 0 Å². The van der Waals surface area contributed by atoms with Gasteiger partial charge in [-0.1, -0.05) is 12.1 Å².